The minimum atomic E-state index is -0.748. The van der Waals surface area contributed by atoms with Crippen LogP contribution >= 0.6 is 11.6 Å². The maximum absolute atomic E-state index is 11.9. The molecule has 0 aromatic heterocycles. The fraction of sp³-hybridized carbons (Fsp3) is 0.188. The highest BCUT2D eigenvalue weighted by Gasteiger charge is 2.10. The lowest BCUT2D eigenvalue weighted by Gasteiger charge is -2.12. The molecule has 0 heterocycles. The first-order valence-electron chi connectivity index (χ1n) is 6.34. The van der Waals surface area contributed by atoms with E-state index in [4.69, 9.17) is 11.6 Å². The summed E-state index contributed by atoms with van der Waals surface area (Å²) in [5, 5.41) is 13.3. The summed E-state index contributed by atoms with van der Waals surface area (Å²) < 4.78 is 0. The van der Waals surface area contributed by atoms with E-state index >= 15 is 0 Å². The number of rotatable bonds is 4. The molecule has 0 spiro atoms. The lowest BCUT2D eigenvalue weighted by atomic mass is 10.1. The highest BCUT2D eigenvalue weighted by molar-refractivity contribution is 6.30. The van der Waals surface area contributed by atoms with E-state index < -0.39 is 6.10 Å². The number of aliphatic hydroxyl groups is 1. The van der Waals surface area contributed by atoms with Crippen molar-refractivity contribution in [3.05, 3.63) is 70.2 Å². The van der Waals surface area contributed by atoms with Crippen molar-refractivity contribution in [2.75, 3.05) is 6.54 Å². The van der Waals surface area contributed by atoms with E-state index in [0.717, 1.165) is 11.1 Å². The van der Waals surface area contributed by atoms with Crippen LogP contribution in [0.15, 0.2) is 48.5 Å². The number of amides is 1. The second-order valence-electron chi connectivity index (χ2n) is 4.64. The average Bonchev–Trinajstić information content (AvgIpc) is 2.46. The summed E-state index contributed by atoms with van der Waals surface area (Å²) in [6.45, 7) is 2.13. The smallest absolute Gasteiger partial charge is 0.251 e. The molecule has 3 nitrogen and oxygen atoms in total. The van der Waals surface area contributed by atoms with Gasteiger partial charge in [0.15, 0.2) is 0 Å². The summed E-state index contributed by atoms with van der Waals surface area (Å²) in [6.07, 6.45) is -0.748. The van der Waals surface area contributed by atoms with Gasteiger partial charge in [0, 0.05) is 17.1 Å². The number of hydrogen-bond donors (Lipinski definition) is 2. The monoisotopic (exact) mass is 289 g/mol. The number of aliphatic hydroxyl groups excluding tert-OH is 1. The van der Waals surface area contributed by atoms with E-state index in [0.29, 0.717) is 10.6 Å². The molecule has 1 amide bonds. The van der Waals surface area contributed by atoms with Crippen LogP contribution in [0.3, 0.4) is 0 Å². The van der Waals surface area contributed by atoms with Gasteiger partial charge in [-0.15, -0.1) is 0 Å². The second-order valence-corrected chi connectivity index (χ2v) is 5.08. The van der Waals surface area contributed by atoms with Crippen LogP contribution in [-0.4, -0.2) is 17.6 Å². The fourth-order valence-electron chi connectivity index (χ4n) is 1.80. The van der Waals surface area contributed by atoms with Gasteiger partial charge in [-0.05, 0) is 36.8 Å². The van der Waals surface area contributed by atoms with Gasteiger partial charge < -0.3 is 10.4 Å². The van der Waals surface area contributed by atoms with Crippen LogP contribution in [0.5, 0.6) is 0 Å². The second kappa shape index (κ2) is 6.55. The van der Waals surface area contributed by atoms with E-state index in [1.54, 1.807) is 36.4 Å². The highest BCUT2D eigenvalue weighted by Crippen LogP contribution is 2.15. The summed E-state index contributed by atoms with van der Waals surface area (Å²) >= 11 is 5.79. The molecule has 104 valence electrons. The van der Waals surface area contributed by atoms with Gasteiger partial charge in [0.25, 0.3) is 5.91 Å². The molecule has 0 saturated carbocycles. The van der Waals surface area contributed by atoms with Crippen molar-refractivity contribution in [2.45, 2.75) is 13.0 Å². The molecule has 1 atom stereocenters. The normalized spacial score (nSPS) is 11.9. The SMILES string of the molecule is Cc1ccc(C(=O)NCC(O)c2ccc(Cl)cc2)cc1. The Morgan fingerprint density at radius 1 is 1.15 bits per heavy atom. The molecule has 0 radical (unpaired) electrons. The molecule has 20 heavy (non-hydrogen) atoms. The van der Waals surface area contributed by atoms with Crippen LogP contribution in [0.2, 0.25) is 5.02 Å². The lowest BCUT2D eigenvalue weighted by molar-refractivity contribution is 0.0916. The van der Waals surface area contributed by atoms with Gasteiger partial charge in [-0.1, -0.05) is 41.4 Å². The lowest BCUT2D eigenvalue weighted by Crippen LogP contribution is -2.28. The maximum Gasteiger partial charge on any atom is 0.251 e. The quantitative estimate of drug-likeness (QED) is 0.908. The largest absolute Gasteiger partial charge is 0.387 e. The van der Waals surface area contributed by atoms with Crippen molar-refractivity contribution in [3.8, 4) is 0 Å². The van der Waals surface area contributed by atoms with Crippen LogP contribution in [0.4, 0.5) is 0 Å². The third kappa shape index (κ3) is 3.83. The summed E-state index contributed by atoms with van der Waals surface area (Å²) in [4.78, 5) is 11.9. The first kappa shape index (κ1) is 14.6. The van der Waals surface area contributed by atoms with Crippen LogP contribution in [0.1, 0.15) is 27.6 Å². The van der Waals surface area contributed by atoms with Gasteiger partial charge in [-0.25, -0.2) is 0 Å². The Bertz CT molecular complexity index is 578. The third-order valence-corrected chi connectivity index (χ3v) is 3.28. The number of carbonyl (C=O) groups is 1. The zero-order valence-electron chi connectivity index (χ0n) is 11.1. The zero-order chi connectivity index (χ0) is 14.5. The Morgan fingerprint density at radius 3 is 2.35 bits per heavy atom. The van der Waals surface area contributed by atoms with Crippen LogP contribution in [0.25, 0.3) is 0 Å². The molecule has 1 unspecified atom stereocenters. The van der Waals surface area contributed by atoms with Gasteiger partial charge in [0.05, 0.1) is 6.10 Å². The number of nitrogens with one attached hydrogen (secondary N) is 1. The van der Waals surface area contributed by atoms with Crippen molar-refractivity contribution < 1.29 is 9.90 Å². The molecule has 2 rings (SSSR count). The van der Waals surface area contributed by atoms with Crippen molar-refractivity contribution in [2.24, 2.45) is 0 Å². The molecule has 4 heteroatoms. The number of benzene rings is 2. The number of aryl methyl sites for hydroxylation is 1. The fourth-order valence-corrected chi connectivity index (χ4v) is 1.93. The molecule has 2 N–H and O–H groups in total. The zero-order valence-corrected chi connectivity index (χ0v) is 11.9. The average molecular weight is 290 g/mol. The summed E-state index contributed by atoms with van der Waals surface area (Å²) in [5.41, 5.74) is 2.40. The molecule has 2 aromatic carbocycles. The Labute approximate surface area is 123 Å². The topological polar surface area (TPSA) is 49.3 Å². The molecule has 0 aliphatic heterocycles. The van der Waals surface area contributed by atoms with E-state index in [1.807, 2.05) is 19.1 Å². The minimum absolute atomic E-state index is 0.161. The summed E-state index contributed by atoms with van der Waals surface area (Å²) in [5.74, 6) is -0.196. The molecule has 0 bridgehead atoms. The van der Waals surface area contributed by atoms with Crippen LogP contribution < -0.4 is 5.32 Å². The van der Waals surface area contributed by atoms with Gasteiger partial charge in [0.2, 0.25) is 0 Å². The third-order valence-electron chi connectivity index (χ3n) is 3.02. The molecule has 0 fully saturated rings. The van der Waals surface area contributed by atoms with E-state index in [9.17, 15) is 9.90 Å². The number of hydrogen-bond acceptors (Lipinski definition) is 2. The van der Waals surface area contributed by atoms with E-state index in [2.05, 4.69) is 5.32 Å². The van der Waals surface area contributed by atoms with Crippen LogP contribution in [-0.2, 0) is 0 Å². The Hall–Kier alpha value is -1.84. The first-order chi connectivity index (χ1) is 9.56. The van der Waals surface area contributed by atoms with Crippen LogP contribution in [0, 0.1) is 6.92 Å². The minimum Gasteiger partial charge on any atom is -0.387 e. The molecule has 0 aliphatic carbocycles. The van der Waals surface area contributed by atoms with Crippen molar-refractivity contribution in [1.82, 2.24) is 5.32 Å². The standard InChI is InChI=1S/C16H16ClNO2/c1-11-2-4-13(5-3-11)16(20)18-10-15(19)12-6-8-14(17)9-7-12/h2-9,15,19H,10H2,1H3,(H,18,20). The van der Waals surface area contributed by atoms with Crippen molar-refractivity contribution in [1.29, 1.82) is 0 Å². The Balaban J connectivity index is 1.92. The number of halogens is 1. The maximum atomic E-state index is 11.9. The van der Waals surface area contributed by atoms with Crippen molar-refractivity contribution in [3.63, 3.8) is 0 Å². The van der Waals surface area contributed by atoms with Crippen molar-refractivity contribution >= 4 is 17.5 Å². The molecule has 0 saturated heterocycles. The molecular formula is C16H16ClNO2. The van der Waals surface area contributed by atoms with E-state index in [1.165, 1.54) is 0 Å². The highest BCUT2D eigenvalue weighted by atomic mass is 35.5. The molecule has 0 aliphatic rings. The Kier molecular flexibility index (Phi) is 4.77. The van der Waals surface area contributed by atoms with Gasteiger partial charge in [0.1, 0.15) is 0 Å². The predicted octanol–water partition coefficient (Wildman–Crippen LogP) is 3.11. The first-order valence-corrected chi connectivity index (χ1v) is 6.72. The van der Waals surface area contributed by atoms with Gasteiger partial charge in [-0.2, -0.15) is 0 Å². The van der Waals surface area contributed by atoms with E-state index in [-0.39, 0.29) is 12.5 Å². The summed E-state index contributed by atoms with van der Waals surface area (Å²) in [7, 11) is 0. The van der Waals surface area contributed by atoms with Gasteiger partial charge >= 0.3 is 0 Å². The predicted molar refractivity (Wildman–Crippen MR) is 79.9 cm³/mol. The molecule has 2 aromatic rings. The summed E-state index contributed by atoms with van der Waals surface area (Å²) in [6, 6.07) is 14.2. The number of carbonyl (C=O) groups excluding carboxylic acids is 1. The van der Waals surface area contributed by atoms with Gasteiger partial charge in [-0.3, -0.25) is 4.79 Å². The molecular weight excluding hydrogens is 274 g/mol. The Morgan fingerprint density at radius 2 is 1.75 bits per heavy atom.